The van der Waals surface area contributed by atoms with Gasteiger partial charge in [-0.1, -0.05) is 23.9 Å². The average molecular weight is 136 g/mol. The molecule has 0 atom stereocenters. The second-order valence-corrected chi connectivity index (χ2v) is 1.90. The summed E-state index contributed by atoms with van der Waals surface area (Å²) in [5.41, 5.74) is 0.894. The standard InChI is InChI=1S/C8H10NO/c1-9-7-5-3-4-6-8(7)10-2/h3-6H,1-2H3/q-1. The largest absolute Gasteiger partial charge is 0.684 e. The molecule has 1 aromatic rings. The Labute approximate surface area is 60.8 Å². The highest BCUT2D eigenvalue weighted by molar-refractivity contribution is 5.59. The normalized spacial score (nSPS) is 9.00. The summed E-state index contributed by atoms with van der Waals surface area (Å²) in [6.07, 6.45) is 0. The molecule has 0 amide bonds. The molecule has 1 aromatic carbocycles. The number of para-hydroxylation sites is 2. The van der Waals surface area contributed by atoms with E-state index in [4.69, 9.17) is 4.74 Å². The zero-order valence-corrected chi connectivity index (χ0v) is 6.16. The van der Waals surface area contributed by atoms with Crippen LogP contribution in [0.25, 0.3) is 5.32 Å². The molecule has 2 heteroatoms. The quantitative estimate of drug-likeness (QED) is 0.612. The molecular formula is C8H10NO-. The molecule has 0 bridgehead atoms. The number of nitrogens with zero attached hydrogens (tertiary/aromatic N) is 1. The fraction of sp³-hybridized carbons (Fsp3) is 0.250. The molecule has 0 radical (unpaired) electrons. The van der Waals surface area contributed by atoms with Crippen molar-refractivity contribution in [2.45, 2.75) is 0 Å². The second kappa shape index (κ2) is 3.11. The van der Waals surface area contributed by atoms with Gasteiger partial charge in [0.05, 0.1) is 7.11 Å². The molecule has 0 aliphatic carbocycles. The third-order valence-electron chi connectivity index (χ3n) is 1.33. The van der Waals surface area contributed by atoms with Gasteiger partial charge in [0.1, 0.15) is 5.75 Å². The first-order valence-corrected chi connectivity index (χ1v) is 3.11. The van der Waals surface area contributed by atoms with Gasteiger partial charge < -0.3 is 10.1 Å². The minimum Gasteiger partial charge on any atom is -0.684 e. The number of rotatable bonds is 2. The lowest BCUT2D eigenvalue weighted by molar-refractivity contribution is 0.417. The minimum atomic E-state index is 0.824. The lowest BCUT2D eigenvalue weighted by atomic mass is 10.3. The van der Waals surface area contributed by atoms with Gasteiger partial charge in [-0.05, 0) is 6.07 Å². The first kappa shape index (κ1) is 6.93. The van der Waals surface area contributed by atoms with Crippen molar-refractivity contribution in [3.63, 3.8) is 0 Å². The van der Waals surface area contributed by atoms with Crippen LogP contribution in [0, 0.1) is 0 Å². The first-order chi connectivity index (χ1) is 4.88. The van der Waals surface area contributed by atoms with Gasteiger partial charge in [-0.15, -0.1) is 7.05 Å². The van der Waals surface area contributed by atoms with Gasteiger partial charge in [-0.25, -0.2) is 0 Å². The predicted octanol–water partition coefficient (Wildman–Crippen LogP) is 2.33. The molecule has 0 aromatic heterocycles. The van der Waals surface area contributed by atoms with E-state index in [2.05, 4.69) is 5.32 Å². The van der Waals surface area contributed by atoms with Crippen LogP contribution < -0.4 is 4.74 Å². The Morgan fingerprint density at radius 2 is 2.00 bits per heavy atom. The van der Waals surface area contributed by atoms with Crippen LogP contribution in [-0.4, -0.2) is 14.2 Å². The Balaban J connectivity index is 2.96. The lowest BCUT2D eigenvalue weighted by Gasteiger charge is -2.17. The Morgan fingerprint density at radius 3 is 2.50 bits per heavy atom. The molecule has 0 saturated carbocycles. The molecular weight excluding hydrogens is 126 g/mol. The van der Waals surface area contributed by atoms with E-state index in [0.29, 0.717) is 0 Å². The summed E-state index contributed by atoms with van der Waals surface area (Å²) in [7, 11) is 3.39. The summed E-state index contributed by atoms with van der Waals surface area (Å²) >= 11 is 0. The zero-order chi connectivity index (χ0) is 7.40. The molecule has 0 spiro atoms. The third-order valence-corrected chi connectivity index (χ3v) is 1.33. The van der Waals surface area contributed by atoms with Crippen molar-refractivity contribution in [1.82, 2.24) is 0 Å². The van der Waals surface area contributed by atoms with E-state index >= 15 is 0 Å². The van der Waals surface area contributed by atoms with E-state index in [9.17, 15) is 0 Å². The number of ether oxygens (including phenoxy) is 1. The molecule has 0 fully saturated rings. The Morgan fingerprint density at radius 1 is 1.30 bits per heavy atom. The number of benzene rings is 1. The van der Waals surface area contributed by atoms with Gasteiger partial charge in [0, 0.05) is 0 Å². The van der Waals surface area contributed by atoms with Gasteiger partial charge in [0.2, 0.25) is 0 Å². The van der Waals surface area contributed by atoms with Crippen LogP contribution in [0.15, 0.2) is 24.3 Å². The average Bonchev–Trinajstić information content (AvgIpc) is 2.04. The van der Waals surface area contributed by atoms with Gasteiger partial charge >= 0.3 is 0 Å². The highest BCUT2D eigenvalue weighted by atomic mass is 16.5. The van der Waals surface area contributed by atoms with Gasteiger partial charge in [-0.3, -0.25) is 0 Å². The monoisotopic (exact) mass is 136 g/mol. The fourth-order valence-electron chi connectivity index (χ4n) is 0.815. The molecule has 0 unspecified atom stereocenters. The van der Waals surface area contributed by atoms with Crippen LogP contribution in [-0.2, 0) is 0 Å². The molecule has 0 aliphatic heterocycles. The van der Waals surface area contributed by atoms with Crippen molar-refractivity contribution in [2.24, 2.45) is 0 Å². The van der Waals surface area contributed by atoms with Crippen molar-refractivity contribution < 1.29 is 4.74 Å². The maximum absolute atomic E-state index is 5.04. The fourth-order valence-corrected chi connectivity index (χ4v) is 0.815. The van der Waals surface area contributed by atoms with E-state index < -0.39 is 0 Å². The maximum Gasteiger partial charge on any atom is 0.104 e. The van der Waals surface area contributed by atoms with Crippen molar-refractivity contribution >= 4 is 5.69 Å². The zero-order valence-electron chi connectivity index (χ0n) is 6.16. The maximum atomic E-state index is 5.04. The van der Waals surface area contributed by atoms with Crippen LogP contribution in [0.2, 0.25) is 0 Å². The van der Waals surface area contributed by atoms with Crippen LogP contribution in [0.3, 0.4) is 0 Å². The van der Waals surface area contributed by atoms with Gasteiger partial charge in [0.15, 0.2) is 0 Å². The summed E-state index contributed by atoms with van der Waals surface area (Å²) in [6.45, 7) is 0. The highest BCUT2D eigenvalue weighted by Crippen LogP contribution is 2.28. The molecule has 1 rings (SSSR count). The topological polar surface area (TPSA) is 23.3 Å². The summed E-state index contributed by atoms with van der Waals surface area (Å²) < 4.78 is 5.04. The van der Waals surface area contributed by atoms with E-state index in [0.717, 1.165) is 11.4 Å². The van der Waals surface area contributed by atoms with E-state index in [1.165, 1.54) is 0 Å². The number of hydrogen-bond acceptors (Lipinski definition) is 1. The molecule has 0 aliphatic rings. The van der Waals surface area contributed by atoms with Gasteiger partial charge in [-0.2, -0.15) is 0 Å². The summed E-state index contributed by atoms with van der Waals surface area (Å²) in [6, 6.07) is 7.67. The smallest absolute Gasteiger partial charge is 0.104 e. The molecule has 0 heterocycles. The Bertz CT molecular complexity index is 187. The SMILES string of the molecule is C[N-]c1ccccc1OC. The van der Waals surface area contributed by atoms with Crippen LogP contribution in [0.1, 0.15) is 0 Å². The number of hydrogen-bond donors (Lipinski definition) is 0. The second-order valence-electron chi connectivity index (χ2n) is 1.90. The van der Waals surface area contributed by atoms with E-state index in [1.807, 2.05) is 24.3 Å². The van der Waals surface area contributed by atoms with Crippen LogP contribution in [0.4, 0.5) is 5.69 Å². The van der Waals surface area contributed by atoms with Crippen molar-refractivity contribution in [1.29, 1.82) is 0 Å². The predicted molar refractivity (Wildman–Crippen MR) is 41.9 cm³/mol. The summed E-state index contributed by atoms with van der Waals surface area (Å²) in [5.74, 6) is 0.824. The van der Waals surface area contributed by atoms with Crippen molar-refractivity contribution in [3.05, 3.63) is 29.6 Å². The van der Waals surface area contributed by atoms with Crippen molar-refractivity contribution in [2.75, 3.05) is 14.2 Å². The molecule has 2 nitrogen and oxygen atoms in total. The summed E-state index contributed by atoms with van der Waals surface area (Å²) in [4.78, 5) is 0. The molecule has 10 heavy (non-hydrogen) atoms. The third kappa shape index (κ3) is 1.21. The molecule has 54 valence electrons. The Hall–Kier alpha value is -1.18. The molecule has 0 N–H and O–H groups in total. The van der Waals surface area contributed by atoms with E-state index in [1.54, 1.807) is 14.2 Å². The summed E-state index contributed by atoms with van der Waals surface area (Å²) in [5, 5.41) is 4.02. The minimum absolute atomic E-state index is 0.824. The van der Waals surface area contributed by atoms with Crippen LogP contribution in [0.5, 0.6) is 5.75 Å². The lowest BCUT2D eigenvalue weighted by Crippen LogP contribution is -1.81. The highest BCUT2D eigenvalue weighted by Gasteiger charge is 1.87. The number of methoxy groups -OCH3 is 1. The molecule has 0 saturated heterocycles. The first-order valence-electron chi connectivity index (χ1n) is 3.11. The van der Waals surface area contributed by atoms with E-state index in [-0.39, 0.29) is 0 Å². The van der Waals surface area contributed by atoms with Crippen molar-refractivity contribution in [3.8, 4) is 5.75 Å². The Kier molecular flexibility index (Phi) is 2.15. The van der Waals surface area contributed by atoms with Gasteiger partial charge in [0.25, 0.3) is 0 Å². The van der Waals surface area contributed by atoms with Crippen LogP contribution >= 0.6 is 0 Å².